The van der Waals surface area contributed by atoms with Crippen LogP contribution >= 0.6 is 7.82 Å². The number of allylic oxidation sites excluding steroid dienone is 6. The number of unbranched alkanes of at least 4 members (excludes halogenated alkanes) is 28. The molecule has 3 unspecified atom stereocenters. The number of phosphoric ester groups is 1. The van der Waals surface area contributed by atoms with Crippen LogP contribution in [0, 0.1) is 0 Å². The summed E-state index contributed by atoms with van der Waals surface area (Å²) in [5.41, 5.74) is 0. The van der Waals surface area contributed by atoms with Gasteiger partial charge in [-0.2, -0.15) is 0 Å². The first-order valence-corrected chi connectivity index (χ1v) is 27.0. The van der Waals surface area contributed by atoms with Crippen molar-refractivity contribution in [1.29, 1.82) is 0 Å². The molecule has 0 aromatic carbocycles. The molecular weight excluding hydrogens is 818 g/mol. The minimum Gasteiger partial charge on any atom is -0.480 e. The summed E-state index contributed by atoms with van der Waals surface area (Å²) in [5, 5.41) is 21.9. The molecule has 3 atom stereocenters. The molecule has 0 heterocycles. The number of carboxylic acid groups (broad SMARTS) is 1. The average molecular weight is 912 g/mol. The van der Waals surface area contributed by atoms with Crippen LogP contribution < -0.4 is 5.32 Å². The molecule has 4 N–H and O–H groups in total. The minimum atomic E-state index is -4.76. The zero-order chi connectivity index (χ0) is 46.3. The zero-order valence-corrected chi connectivity index (χ0v) is 41.0. The van der Waals surface area contributed by atoms with Gasteiger partial charge in [0, 0.05) is 12.8 Å². The highest BCUT2D eigenvalue weighted by Gasteiger charge is 2.28. The second-order valence-corrected chi connectivity index (χ2v) is 18.8. The maximum Gasteiger partial charge on any atom is 0.472 e. The van der Waals surface area contributed by atoms with Gasteiger partial charge in [-0.1, -0.05) is 192 Å². The topological polar surface area (TPSA) is 169 Å². The fourth-order valence-corrected chi connectivity index (χ4v) is 7.94. The van der Waals surface area contributed by atoms with Crippen LogP contribution in [0.25, 0.3) is 0 Å². The maximum absolute atomic E-state index is 12.3. The first-order chi connectivity index (χ1) is 30.6. The number of phosphoric acid groups is 1. The van der Waals surface area contributed by atoms with Gasteiger partial charge in [0.1, 0.15) is 12.7 Å². The average Bonchev–Trinajstić information content (AvgIpc) is 3.26. The van der Waals surface area contributed by atoms with E-state index in [0.29, 0.717) is 12.8 Å². The molecule has 0 saturated carbocycles. The van der Waals surface area contributed by atoms with E-state index in [0.717, 1.165) is 64.2 Å². The summed E-state index contributed by atoms with van der Waals surface area (Å²) in [4.78, 5) is 46.1. The molecule has 0 bridgehead atoms. The summed E-state index contributed by atoms with van der Waals surface area (Å²) >= 11 is 0. The lowest BCUT2D eigenvalue weighted by Gasteiger charge is -2.18. The van der Waals surface area contributed by atoms with E-state index >= 15 is 0 Å². The molecule has 0 aliphatic heterocycles. The third kappa shape index (κ3) is 46.0. The van der Waals surface area contributed by atoms with Gasteiger partial charge in [-0.25, -0.2) is 9.36 Å². The van der Waals surface area contributed by atoms with Gasteiger partial charge in [0.25, 0.3) is 0 Å². The van der Waals surface area contributed by atoms with Gasteiger partial charge in [-0.05, 0) is 70.6 Å². The number of aliphatic carboxylic acids is 1. The Morgan fingerprint density at radius 2 is 0.873 bits per heavy atom. The number of carbonyl (C=O) groups excluding carboxylic acids is 2. The normalized spacial score (nSPS) is 13.8. The molecule has 12 heteroatoms. The summed E-state index contributed by atoms with van der Waals surface area (Å²) < 4.78 is 26.9. The van der Waals surface area contributed by atoms with E-state index in [-0.39, 0.29) is 12.8 Å². The third-order valence-corrected chi connectivity index (χ3v) is 12.1. The van der Waals surface area contributed by atoms with E-state index in [1.54, 1.807) is 0 Å². The Hall–Kier alpha value is -2.30. The summed E-state index contributed by atoms with van der Waals surface area (Å²) in [6, 6.07) is -1.55. The molecule has 1 amide bonds. The van der Waals surface area contributed by atoms with Crippen molar-refractivity contribution in [2.45, 2.75) is 251 Å². The van der Waals surface area contributed by atoms with E-state index in [2.05, 4.69) is 55.6 Å². The number of esters is 1. The molecule has 0 radical (unpaired) electrons. The van der Waals surface area contributed by atoms with E-state index < -0.39 is 57.6 Å². The molecule has 63 heavy (non-hydrogen) atoms. The highest BCUT2D eigenvalue weighted by atomic mass is 31.2. The Balaban J connectivity index is 3.80. The van der Waals surface area contributed by atoms with Crippen molar-refractivity contribution in [2.24, 2.45) is 0 Å². The van der Waals surface area contributed by atoms with Crippen molar-refractivity contribution in [3.63, 3.8) is 0 Å². The number of aliphatic hydroxyl groups is 1. The largest absolute Gasteiger partial charge is 0.480 e. The number of nitrogens with one attached hydrogen (secondary N) is 1. The fourth-order valence-electron chi connectivity index (χ4n) is 7.16. The van der Waals surface area contributed by atoms with Crippen LogP contribution in [0.1, 0.15) is 239 Å². The lowest BCUT2D eigenvalue weighted by atomic mass is 10.0. The summed E-state index contributed by atoms with van der Waals surface area (Å²) in [5.74, 6) is -2.38. The number of hydrogen-bond donors (Lipinski definition) is 4. The van der Waals surface area contributed by atoms with Gasteiger partial charge < -0.3 is 25.2 Å². The second-order valence-electron chi connectivity index (χ2n) is 17.4. The van der Waals surface area contributed by atoms with E-state index in [9.17, 15) is 34.1 Å². The number of carbonyl (C=O) groups is 3. The Bertz CT molecular complexity index is 1210. The third-order valence-electron chi connectivity index (χ3n) is 11.2. The summed E-state index contributed by atoms with van der Waals surface area (Å²) in [7, 11) is -4.76. The molecule has 0 rings (SSSR count). The van der Waals surface area contributed by atoms with Gasteiger partial charge in [-0.3, -0.25) is 18.6 Å². The van der Waals surface area contributed by atoms with Crippen LogP contribution in [0.3, 0.4) is 0 Å². The van der Waals surface area contributed by atoms with Crippen molar-refractivity contribution >= 4 is 25.7 Å². The molecule has 0 aliphatic carbocycles. The SMILES string of the molecule is CCCCC/C=C\C/C=C\CCCCCCCCCCCCCCCC(=O)OCC(O)COP(=O)(O)OCC(NC(=O)CCCCCCC/C=C\CCCCCCCCC)C(=O)O. The van der Waals surface area contributed by atoms with Gasteiger partial charge in [0.2, 0.25) is 5.91 Å². The van der Waals surface area contributed by atoms with Crippen LogP contribution in [0.5, 0.6) is 0 Å². The molecule has 0 aromatic rings. The number of hydrogen-bond acceptors (Lipinski definition) is 8. The Morgan fingerprint density at radius 1 is 0.508 bits per heavy atom. The molecular formula is C51H94NO10P. The van der Waals surface area contributed by atoms with Crippen LogP contribution in [0.2, 0.25) is 0 Å². The number of ether oxygens (including phenoxy) is 1. The highest BCUT2D eigenvalue weighted by Crippen LogP contribution is 2.43. The van der Waals surface area contributed by atoms with Gasteiger partial charge in [0.05, 0.1) is 13.2 Å². The quantitative estimate of drug-likeness (QED) is 0.0199. The van der Waals surface area contributed by atoms with Crippen LogP contribution in [-0.4, -0.2) is 64.9 Å². The Kier molecular flexibility index (Phi) is 44.5. The van der Waals surface area contributed by atoms with Crippen molar-refractivity contribution in [1.82, 2.24) is 5.32 Å². The number of aliphatic hydroxyl groups excluding tert-OH is 1. The van der Waals surface area contributed by atoms with Gasteiger partial charge >= 0.3 is 19.8 Å². The number of rotatable bonds is 48. The van der Waals surface area contributed by atoms with Crippen molar-refractivity contribution in [2.75, 3.05) is 19.8 Å². The predicted molar refractivity (Wildman–Crippen MR) is 259 cm³/mol. The standard InChI is InChI=1S/C51H94NO10P/c1-3-5-7-9-11-13-15-17-19-21-22-23-24-25-26-27-29-31-33-35-37-39-41-43-50(55)60-44-47(53)45-61-63(58,59)62-46-48(51(56)57)52-49(54)42-40-38-36-34-32-30-28-20-18-16-14-12-10-8-6-4-2/h11,13,17,19-20,28,47-48,53H,3-10,12,14-16,18,21-27,29-46H2,1-2H3,(H,52,54)(H,56,57)(H,58,59)/b13-11-,19-17-,28-20-. The minimum absolute atomic E-state index is 0.137. The predicted octanol–water partition coefficient (Wildman–Crippen LogP) is 14.0. The first kappa shape index (κ1) is 60.7. The zero-order valence-electron chi connectivity index (χ0n) is 40.1. The molecule has 0 aliphatic rings. The molecule has 0 fully saturated rings. The van der Waals surface area contributed by atoms with Crippen molar-refractivity contribution in [3.05, 3.63) is 36.5 Å². The highest BCUT2D eigenvalue weighted by molar-refractivity contribution is 7.47. The van der Waals surface area contributed by atoms with Gasteiger partial charge in [0.15, 0.2) is 6.04 Å². The maximum atomic E-state index is 12.3. The lowest BCUT2D eigenvalue weighted by molar-refractivity contribution is -0.147. The molecule has 0 saturated heterocycles. The smallest absolute Gasteiger partial charge is 0.472 e. The Morgan fingerprint density at radius 3 is 1.33 bits per heavy atom. The van der Waals surface area contributed by atoms with E-state index in [4.69, 9.17) is 13.8 Å². The first-order valence-electron chi connectivity index (χ1n) is 25.5. The monoisotopic (exact) mass is 912 g/mol. The summed E-state index contributed by atoms with van der Waals surface area (Å²) in [6.07, 6.45) is 51.7. The van der Waals surface area contributed by atoms with Crippen LogP contribution in [0.4, 0.5) is 0 Å². The van der Waals surface area contributed by atoms with Crippen LogP contribution in [-0.2, 0) is 32.7 Å². The number of amides is 1. The Labute approximate surface area is 384 Å². The van der Waals surface area contributed by atoms with E-state index in [1.807, 2.05) is 0 Å². The fraction of sp³-hybridized carbons (Fsp3) is 0.824. The van der Waals surface area contributed by atoms with Gasteiger partial charge in [-0.15, -0.1) is 0 Å². The molecule has 11 nitrogen and oxygen atoms in total. The summed E-state index contributed by atoms with van der Waals surface area (Å²) in [6.45, 7) is 2.59. The molecule has 368 valence electrons. The van der Waals surface area contributed by atoms with Crippen molar-refractivity contribution in [3.8, 4) is 0 Å². The molecule has 0 aromatic heterocycles. The van der Waals surface area contributed by atoms with E-state index in [1.165, 1.54) is 135 Å². The molecule has 0 spiro atoms. The van der Waals surface area contributed by atoms with Crippen LogP contribution in [0.15, 0.2) is 36.5 Å². The lowest BCUT2D eigenvalue weighted by Crippen LogP contribution is -2.43. The second kappa shape index (κ2) is 46.2. The van der Waals surface area contributed by atoms with Crippen molar-refractivity contribution < 1.29 is 47.8 Å². The number of carboxylic acids is 1.